The lowest BCUT2D eigenvalue weighted by Gasteiger charge is -2.21. The molecule has 1 unspecified atom stereocenters. The number of fused-ring (bicyclic) bond motifs is 1. The highest BCUT2D eigenvalue weighted by Gasteiger charge is 2.42. The van der Waals surface area contributed by atoms with Gasteiger partial charge in [0.1, 0.15) is 6.21 Å². The Morgan fingerprint density at radius 1 is 1.53 bits per heavy atom. The second-order valence-electron chi connectivity index (χ2n) is 2.73. The van der Waals surface area contributed by atoms with Gasteiger partial charge < -0.3 is 0 Å². The van der Waals surface area contributed by atoms with Gasteiger partial charge in [-0.15, -0.1) is 0 Å². The summed E-state index contributed by atoms with van der Waals surface area (Å²) >= 11 is 3.05. The Kier molecular flexibility index (Phi) is 2.72. The van der Waals surface area contributed by atoms with Gasteiger partial charge in [-0.25, -0.2) is 8.78 Å². The third-order valence-corrected chi connectivity index (χ3v) is 2.04. The molecule has 2 heterocycles. The second-order valence-corrected chi connectivity index (χ2v) is 3.43. The van der Waals surface area contributed by atoms with Crippen LogP contribution in [0.25, 0.3) is 0 Å². The van der Waals surface area contributed by atoms with E-state index in [0.717, 1.165) is 0 Å². The van der Waals surface area contributed by atoms with Crippen molar-refractivity contribution >= 4 is 32.7 Å². The summed E-state index contributed by atoms with van der Waals surface area (Å²) in [5.41, 5.74) is 0. The Morgan fingerprint density at radius 2 is 2.33 bits per heavy atom. The Labute approximate surface area is 92.1 Å². The van der Waals surface area contributed by atoms with Gasteiger partial charge >= 0.3 is 5.84 Å². The van der Waals surface area contributed by atoms with Crippen LogP contribution >= 0.6 is 15.9 Å². The van der Waals surface area contributed by atoms with Gasteiger partial charge in [0.15, 0.2) is 12.8 Å². The molecular weight excluding hydrogens is 274 g/mol. The molecule has 80 valence electrons. The Morgan fingerprint density at radius 3 is 3.07 bits per heavy atom. The number of hydrogen-bond acceptors (Lipinski definition) is 4. The SMILES string of the molecule is FC(F)CO[N+]12C=CN=CC1=NC(Br)=N2. The van der Waals surface area contributed by atoms with Gasteiger partial charge in [-0.3, -0.25) is 4.99 Å². The van der Waals surface area contributed by atoms with Crippen molar-refractivity contribution in [1.82, 2.24) is 0 Å². The number of hydrogen-bond donors (Lipinski definition) is 0. The lowest BCUT2D eigenvalue weighted by Crippen LogP contribution is -2.44. The van der Waals surface area contributed by atoms with Gasteiger partial charge in [-0.1, -0.05) is 0 Å². The molecule has 0 saturated heterocycles. The first-order valence-corrected chi connectivity index (χ1v) is 4.79. The zero-order valence-electron chi connectivity index (χ0n) is 7.35. The quantitative estimate of drug-likeness (QED) is 0.572. The summed E-state index contributed by atoms with van der Waals surface area (Å²) in [6.07, 6.45) is 1.69. The number of hydroxylamine groups is 2. The van der Waals surface area contributed by atoms with Crippen LogP contribution in [0.5, 0.6) is 0 Å². The molecule has 0 aromatic rings. The molecule has 0 aromatic carbocycles. The molecule has 2 rings (SSSR count). The summed E-state index contributed by atoms with van der Waals surface area (Å²) in [6.45, 7) is -0.721. The molecule has 0 amide bonds. The molecule has 5 nitrogen and oxygen atoms in total. The first kappa shape index (κ1) is 10.5. The first-order chi connectivity index (χ1) is 7.12. The molecular formula is C7H6BrF2N4O+. The van der Waals surface area contributed by atoms with Crippen LogP contribution in [-0.2, 0) is 4.84 Å². The summed E-state index contributed by atoms with van der Waals surface area (Å²) in [5, 5.41) is 3.95. The molecule has 2 aliphatic heterocycles. The average Bonchev–Trinajstić information content (AvgIpc) is 2.51. The monoisotopic (exact) mass is 279 g/mol. The summed E-state index contributed by atoms with van der Waals surface area (Å²) in [6, 6.07) is 0. The molecule has 1 atom stereocenters. The fraction of sp³-hybridized carbons (Fsp3) is 0.286. The minimum absolute atomic E-state index is 0.282. The first-order valence-electron chi connectivity index (χ1n) is 4.00. The number of amidine groups is 2. The minimum Gasteiger partial charge on any atom is -0.251 e. The highest BCUT2D eigenvalue weighted by molar-refractivity contribution is 9.18. The van der Waals surface area contributed by atoms with E-state index in [1.165, 1.54) is 18.6 Å². The predicted molar refractivity (Wildman–Crippen MR) is 53.6 cm³/mol. The van der Waals surface area contributed by atoms with E-state index in [9.17, 15) is 8.78 Å². The number of halogens is 3. The van der Waals surface area contributed by atoms with Crippen LogP contribution in [0, 0.1) is 0 Å². The van der Waals surface area contributed by atoms with Gasteiger partial charge in [0, 0.05) is 20.7 Å². The second kappa shape index (κ2) is 3.87. The Balaban J connectivity index is 2.22. The topological polar surface area (TPSA) is 46.3 Å². The van der Waals surface area contributed by atoms with Crippen LogP contribution in [0.3, 0.4) is 0 Å². The zero-order valence-corrected chi connectivity index (χ0v) is 8.93. The molecule has 0 fully saturated rings. The molecule has 8 heteroatoms. The Hall–Kier alpha value is -0.990. The molecule has 0 aliphatic carbocycles. The van der Waals surface area contributed by atoms with E-state index in [0.29, 0.717) is 5.84 Å². The van der Waals surface area contributed by atoms with Crippen molar-refractivity contribution < 1.29 is 18.4 Å². The van der Waals surface area contributed by atoms with E-state index in [1.54, 1.807) is 0 Å². The smallest absolute Gasteiger partial charge is 0.251 e. The largest absolute Gasteiger partial charge is 0.314 e. The lowest BCUT2D eigenvalue weighted by atomic mass is 10.5. The van der Waals surface area contributed by atoms with E-state index in [1.807, 2.05) is 0 Å². The van der Waals surface area contributed by atoms with E-state index < -0.39 is 17.8 Å². The van der Waals surface area contributed by atoms with Crippen molar-refractivity contribution in [3.8, 4) is 0 Å². The van der Waals surface area contributed by atoms with E-state index in [4.69, 9.17) is 4.84 Å². The molecule has 0 aromatic heterocycles. The van der Waals surface area contributed by atoms with Crippen LogP contribution in [0.1, 0.15) is 0 Å². The highest BCUT2D eigenvalue weighted by Crippen LogP contribution is 2.23. The van der Waals surface area contributed by atoms with Crippen LogP contribution in [0.4, 0.5) is 8.78 Å². The van der Waals surface area contributed by atoms with Crippen molar-refractivity contribution in [2.24, 2.45) is 15.1 Å². The van der Waals surface area contributed by atoms with Crippen molar-refractivity contribution in [2.75, 3.05) is 6.61 Å². The predicted octanol–water partition coefficient (Wildman–Crippen LogP) is 1.63. The van der Waals surface area contributed by atoms with Gasteiger partial charge in [0.25, 0.3) is 11.2 Å². The number of rotatable bonds is 3. The number of quaternary nitrogens is 1. The van der Waals surface area contributed by atoms with Crippen LogP contribution in [-0.4, -0.2) is 34.6 Å². The van der Waals surface area contributed by atoms with Gasteiger partial charge in [-0.2, -0.15) is 9.83 Å². The number of nitrogens with zero attached hydrogens (tertiary/aromatic N) is 4. The minimum atomic E-state index is -2.56. The van der Waals surface area contributed by atoms with Crippen molar-refractivity contribution in [3.63, 3.8) is 0 Å². The molecule has 2 aliphatic rings. The molecule has 15 heavy (non-hydrogen) atoms. The van der Waals surface area contributed by atoms with Crippen LogP contribution in [0.2, 0.25) is 0 Å². The third-order valence-electron chi connectivity index (χ3n) is 1.71. The lowest BCUT2D eigenvalue weighted by molar-refractivity contribution is -0.998. The van der Waals surface area contributed by atoms with Crippen molar-refractivity contribution in [3.05, 3.63) is 12.4 Å². The fourth-order valence-corrected chi connectivity index (χ4v) is 1.55. The fourth-order valence-electron chi connectivity index (χ4n) is 1.13. The normalized spacial score (nSPS) is 28.0. The summed E-state index contributed by atoms with van der Waals surface area (Å²) in [4.78, 5) is 12.7. The zero-order chi connectivity index (χ0) is 10.9. The van der Waals surface area contributed by atoms with Gasteiger partial charge in [-0.05, 0) is 5.10 Å². The maximum atomic E-state index is 12.0. The van der Waals surface area contributed by atoms with Crippen LogP contribution < -0.4 is 0 Å². The highest BCUT2D eigenvalue weighted by atomic mass is 79.9. The summed E-state index contributed by atoms with van der Waals surface area (Å²) < 4.78 is 23.9. The standard InChI is InChI=1S/C7H6BrF2N4O/c8-7-12-6-3-11-1-2-14(6,13-7)15-4-5(9)10/h1-3,5H,4H2/q+1. The van der Waals surface area contributed by atoms with E-state index in [-0.39, 0.29) is 4.74 Å². The number of alkyl halides is 2. The van der Waals surface area contributed by atoms with E-state index in [2.05, 4.69) is 31.0 Å². The average molecular weight is 280 g/mol. The van der Waals surface area contributed by atoms with Gasteiger partial charge in [0.05, 0.1) is 6.20 Å². The van der Waals surface area contributed by atoms with Crippen molar-refractivity contribution in [2.45, 2.75) is 6.43 Å². The summed E-state index contributed by atoms with van der Waals surface area (Å²) in [5.74, 6) is 0.338. The third kappa shape index (κ3) is 2.01. The molecule has 0 N–H and O–H groups in total. The molecule has 0 spiro atoms. The maximum absolute atomic E-state index is 12.0. The van der Waals surface area contributed by atoms with Gasteiger partial charge in [0.2, 0.25) is 0 Å². The van der Waals surface area contributed by atoms with Crippen molar-refractivity contribution in [1.29, 1.82) is 0 Å². The summed E-state index contributed by atoms with van der Waals surface area (Å²) in [7, 11) is 0. The molecule has 0 radical (unpaired) electrons. The maximum Gasteiger partial charge on any atom is 0.314 e. The molecule has 0 bridgehead atoms. The Bertz CT molecular complexity index is 392. The molecule has 0 saturated carbocycles. The van der Waals surface area contributed by atoms with E-state index >= 15 is 0 Å². The number of aliphatic imine (C=N–C) groups is 2. The van der Waals surface area contributed by atoms with Crippen LogP contribution in [0.15, 0.2) is 27.5 Å².